The number of aromatic nitrogens is 3. The highest BCUT2D eigenvalue weighted by atomic mass is 16.5. The number of pyridine rings is 1. The molecule has 2 N–H and O–H groups in total. The van der Waals surface area contributed by atoms with E-state index < -0.39 is 0 Å². The molecule has 0 aliphatic heterocycles. The van der Waals surface area contributed by atoms with E-state index in [-0.39, 0.29) is 11.6 Å². The molecule has 2 heterocycles. The van der Waals surface area contributed by atoms with Crippen molar-refractivity contribution in [3.05, 3.63) is 72.4 Å². The number of carbonyl (C=O) groups excluding carboxylic acids is 1. The summed E-state index contributed by atoms with van der Waals surface area (Å²) in [4.78, 5) is 24.5. The third-order valence-corrected chi connectivity index (χ3v) is 3.53. The zero-order valence-corrected chi connectivity index (χ0v) is 14.3. The van der Waals surface area contributed by atoms with E-state index in [9.17, 15) is 4.79 Å². The minimum atomic E-state index is -0.280. The van der Waals surface area contributed by atoms with Crippen molar-refractivity contribution >= 4 is 17.4 Å². The SMILES string of the molecule is CCOc1ccccc1Nc1cc(C(=O)NCc2cccnc2)ncn1. The molecule has 0 unspecified atom stereocenters. The van der Waals surface area contributed by atoms with Gasteiger partial charge in [0.25, 0.3) is 5.91 Å². The van der Waals surface area contributed by atoms with Crippen LogP contribution in [0.1, 0.15) is 23.0 Å². The lowest BCUT2D eigenvalue weighted by molar-refractivity contribution is 0.0945. The molecule has 0 saturated heterocycles. The molecular weight excluding hydrogens is 330 g/mol. The molecule has 0 aliphatic rings. The fourth-order valence-electron chi connectivity index (χ4n) is 2.31. The molecule has 0 saturated carbocycles. The Labute approximate surface area is 151 Å². The zero-order valence-electron chi connectivity index (χ0n) is 14.3. The molecule has 0 bridgehead atoms. The van der Waals surface area contributed by atoms with Crippen molar-refractivity contribution in [2.75, 3.05) is 11.9 Å². The maximum Gasteiger partial charge on any atom is 0.270 e. The quantitative estimate of drug-likeness (QED) is 0.682. The highest BCUT2D eigenvalue weighted by Crippen LogP contribution is 2.26. The Morgan fingerprint density at radius 3 is 2.85 bits per heavy atom. The molecule has 7 heteroatoms. The second-order valence-corrected chi connectivity index (χ2v) is 5.39. The fourth-order valence-corrected chi connectivity index (χ4v) is 2.31. The standard InChI is InChI=1S/C19H19N5O2/c1-2-26-17-8-4-3-7-15(17)24-18-10-16(22-13-23-18)19(25)21-12-14-6-5-9-20-11-14/h3-11,13H,2,12H2,1H3,(H,21,25)(H,22,23,24). The van der Waals surface area contributed by atoms with Gasteiger partial charge in [-0.05, 0) is 30.7 Å². The van der Waals surface area contributed by atoms with Crippen LogP contribution >= 0.6 is 0 Å². The lowest BCUT2D eigenvalue weighted by atomic mass is 10.2. The van der Waals surface area contributed by atoms with E-state index >= 15 is 0 Å². The van der Waals surface area contributed by atoms with Crippen molar-refractivity contribution in [3.63, 3.8) is 0 Å². The first-order chi connectivity index (χ1) is 12.8. The van der Waals surface area contributed by atoms with Crippen LogP contribution in [0.2, 0.25) is 0 Å². The minimum absolute atomic E-state index is 0.278. The molecule has 2 aromatic heterocycles. The van der Waals surface area contributed by atoms with E-state index in [1.54, 1.807) is 18.5 Å². The van der Waals surface area contributed by atoms with Crippen LogP contribution in [-0.4, -0.2) is 27.5 Å². The number of para-hydroxylation sites is 2. The van der Waals surface area contributed by atoms with Crippen LogP contribution in [0, 0.1) is 0 Å². The molecule has 0 spiro atoms. The van der Waals surface area contributed by atoms with Gasteiger partial charge in [0.2, 0.25) is 0 Å². The van der Waals surface area contributed by atoms with Gasteiger partial charge in [-0.3, -0.25) is 9.78 Å². The van der Waals surface area contributed by atoms with Crippen molar-refractivity contribution in [2.45, 2.75) is 13.5 Å². The van der Waals surface area contributed by atoms with E-state index in [1.165, 1.54) is 6.33 Å². The van der Waals surface area contributed by atoms with Gasteiger partial charge in [-0.25, -0.2) is 9.97 Å². The molecule has 3 rings (SSSR count). The van der Waals surface area contributed by atoms with Crippen LogP contribution in [0.5, 0.6) is 5.75 Å². The largest absolute Gasteiger partial charge is 0.492 e. The summed E-state index contributed by atoms with van der Waals surface area (Å²) in [5.41, 5.74) is 1.97. The van der Waals surface area contributed by atoms with Crippen molar-refractivity contribution in [1.29, 1.82) is 0 Å². The topological polar surface area (TPSA) is 89.0 Å². The van der Waals surface area contributed by atoms with Gasteiger partial charge < -0.3 is 15.4 Å². The van der Waals surface area contributed by atoms with E-state index in [4.69, 9.17) is 4.74 Å². The number of amides is 1. The van der Waals surface area contributed by atoms with E-state index in [1.807, 2.05) is 43.3 Å². The maximum absolute atomic E-state index is 12.3. The summed E-state index contributed by atoms with van der Waals surface area (Å²) in [7, 11) is 0. The predicted octanol–water partition coefficient (Wildman–Crippen LogP) is 2.94. The number of anilines is 2. The van der Waals surface area contributed by atoms with E-state index in [0.29, 0.717) is 19.0 Å². The molecule has 7 nitrogen and oxygen atoms in total. The van der Waals surface area contributed by atoms with Gasteiger partial charge >= 0.3 is 0 Å². The highest BCUT2D eigenvalue weighted by molar-refractivity contribution is 5.93. The molecule has 26 heavy (non-hydrogen) atoms. The first kappa shape index (κ1) is 17.3. The molecule has 0 fully saturated rings. The van der Waals surface area contributed by atoms with E-state index in [2.05, 4.69) is 25.6 Å². The molecule has 0 atom stereocenters. The third kappa shape index (κ3) is 4.54. The molecule has 1 amide bonds. The minimum Gasteiger partial charge on any atom is -0.492 e. The van der Waals surface area contributed by atoms with Crippen LogP contribution in [0.4, 0.5) is 11.5 Å². The number of carbonyl (C=O) groups is 1. The number of rotatable bonds is 7. The monoisotopic (exact) mass is 349 g/mol. The van der Waals surface area contributed by atoms with Crippen LogP contribution in [0.25, 0.3) is 0 Å². The Bertz CT molecular complexity index is 871. The maximum atomic E-state index is 12.3. The Balaban J connectivity index is 1.69. The second-order valence-electron chi connectivity index (χ2n) is 5.39. The van der Waals surface area contributed by atoms with Crippen molar-refractivity contribution in [2.24, 2.45) is 0 Å². The van der Waals surface area contributed by atoms with Crippen LogP contribution < -0.4 is 15.4 Å². The highest BCUT2D eigenvalue weighted by Gasteiger charge is 2.10. The van der Waals surface area contributed by atoms with Crippen molar-refractivity contribution in [1.82, 2.24) is 20.3 Å². The van der Waals surface area contributed by atoms with Gasteiger partial charge in [-0.1, -0.05) is 18.2 Å². The van der Waals surface area contributed by atoms with Crippen molar-refractivity contribution < 1.29 is 9.53 Å². The van der Waals surface area contributed by atoms with Gasteiger partial charge in [-0.15, -0.1) is 0 Å². The number of hydrogen-bond donors (Lipinski definition) is 2. The Morgan fingerprint density at radius 1 is 1.15 bits per heavy atom. The lowest BCUT2D eigenvalue weighted by Crippen LogP contribution is -2.24. The first-order valence-corrected chi connectivity index (χ1v) is 8.24. The molecule has 0 radical (unpaired) electrons. The van der Waals surface area contributed by atoms with Crippen LogP contribution in [-0.2, 0) is 6.54 Å². The fraction of sp³-hybridized carbons (Fsp3) is 0.158. The Kier molecular flexibility index (Phi) is 5.72. The van der Waals surface area contributed by atoms with Crippen LogP contribution in [0.15, 0.2) is 61.2 Å². The van der Waals surface area contributed by atoms with E-state index in [0.717, 1.165) is 17.0 Å². The number of ether oxygens (including phenoxy) is 1. The first-order valence-electron chi connectivity index (χ1n) is 8.24. The van der Waals surface area contributed by atoms with Crippen LogP contribution in [0.3, 0.4) is 0 Å². The smallest absolute Gasteiger partial charge is 0.270 e. The summed E-state index contributed by atoms with van der Waals surface area (Å²) in [5, 5.41) is 5.98. The average Bonchev–Trinajstić information content (AvgIpc) is 2.69. The van der Waals surface area contributed by atoms with Crippen molar-refractivity contribution in [3.8, 4) is 5.75 Å². The second kappa shape index (κ2) is 8.57. The number of nitrogens with zero attached hydrogens (tertiary/aromatic N) is 3. The summed E-state index contributed by atoms with van der Waals surface area (Å²) in [6.45, 7) is 2.86. The van der Waals surface area contributed by atoms with Gasteiger partial charge in [-0.2, -0.15) is 0 Å². The average molecular weight is 349 g/mol. The normalized spacial score (nSPS) is 10.2. The number of benzene rings is 1. The summed E-state index contributed by atoms with van der Waals surface area (Å²) in [5.74, 6) is 0.951. The summed E-state index contributed by atoms with van der Waals surface area (Å²) >= 11 is 0. The summed E-state index contributed by atoms with van der Waals surface area (Å²) < 4.78 is 5.58. The molecule has 3 aromatic rings. The lowest BCUT2D eigenvalue weighted by Gasteiger charge is -2.12. The Morgan fingerprint density at radius 2 is 2.04 bits per heavy atom. The Hall–Kier alpha value is -3.48. The number of nitrogens with one attached hydrogen (secondary N) is 2. The predicted molar refractivity (Wildman–Crippen MR) is 98.3 cm³/mol. The zero-order chi connectivity index (χ0) is 18.2. The molecule has 1 aromatic carbocycles. The third-order valence-electron chi connectivity index (χ3n) is 3.53. The number of hydrogen-bond acceptors (Lipinski definition) is 6. The molecular formula is C19H19N5O2. The summed E-state index contributed by atoms with van der Waals surface area (Å²) in [6.07, 6.45) is 4.75. The van der Waals surface area contributed by atoms with Gasteiger partial charge in [0.15, 0.2) is 0 Å². The molecule has 0 aliphatic carbocycles. The molecule has 132 valence electrons. The van der Waals surface area contributed by atoms with Gasteiger partial charge in [0, 0.05) is 25.0 Å². The summed E-state index contributed by atoms with van der Waals surface area (Å²) in [6, 6.07) is 12.9. The van der Waals surface area contributed by atoms with Gasteiger partial charge in [0.1, 0.15) is 23.6 Å². The van der Waals surface area contributed by atoms with Gasteiger partial charge in [0.05, 0.1) is 12.3 Å².